The van der Waals surface area contributed by atoms with Crippen LogP contribution in [0.3, 0.4) is 0 Å². The molecule has 0 aliphatic carbocycles. The molecule has 0 saturated carbocycles. The summed E-state index contributed by atoms with van der Waals surface area (Å²) in [5, 5.41) is 2.88. The molecule has 4 aromatic carbocycles. The van der Waals surface area contributed by atoms with E-state index in [1.54, 1.807) is 54.6 Å². The van der Waals surface area contributed by atoms with E-state index in [2.05, 4.69) is 5.32 Å². The lowest BCUT2D eigenvalue weighted by molar-refractivity contribution is -0.115. The van der Waals surface area contributed by atoms with Gasteiger partial charge in [-0.25, -0.2) is 13.2 Å². The van der Waals surface area contributed by atoms with Gasteiger partial charge in [0, 0.05) is 18.8 Å². The molecular weight excluding hydrogens is 576 g/mol. The fourth-order valence-corrected chi connectivity index (χ4v) is 6.67. The topological polar surface area (TPSA) is 108 Å². The number of benzene rings is 4. The van der Waals surface area contributed by atoms with Crippen molar-refractivity contribution >= 4 is 44.7 Å². The van der Waals surface area contributed by atoms with Gasteiger partial charge in [-0.15, -0.1) is 0 Å². The highest BCUT2D eigenvalue weighted by Crippen LogP contribution is 2.37. The molecule has 1 unspecified atom stereocenters. The number of hydrogen-bond acceptors (Lipinski definition) is 7. The second-order valence-electron chi connectivity index (χ2n) is 10.7. The van der Waals surface area contributed by atoms with Crippen LogP contribution in [0.1, 0.15) is 33.0 Å². The van der Waals surface area contributed by atoms with Crippen LogP contribution in [0, 0.1) is 0 Å². The summed E-state index contributed by atoms with van der Waals surface area (Å²) in [5.74, 6) is -1.59. The molecule has 0 bridgehead atoms. The number of methoxy groups -OCH3 is 1. The van der Waals surface area contributed by atoms with Gasteiger partial charge in [-0.2, -0.15) is 0 Å². The van der Waals surface area contributed by atoms with Gasteiger partial charge in [0.25, 0.3) is 0 Å². The van der Waals surface area contributed by atoms with Crippen LogP contribution in [-0.4, -0.2) is 65.2 Å². The maximum absolute atomic E-state index is 13.6. The molecule has 1 atom stereocenters. The van der Waals surface area contributed by atoms with Crippen LogP contribution in [0.2, 0.25) is 0 Å². The van der Waals surface area contributed by atoms with Gasteiger partial charge in [-0.05, 0) is 67.2 Å². The van der Waals surface area contributed by atoms with Gasteiger partial charge in [0.2, 0.25) is 15.9 Å². The summed E-state index contributed by atoms with van der Waals surface area (Å²) in [5.41, 5.74) is 4.66. The molecule has 226 valence electrons. The van der Waals surface area contributed by atoms with Gasteiger partial charge >= 0.3 is 5.97 Å². The van der Waals surface area contributed by atoms with Gasteiger partial charge in [-0.1, -0.05) is 66.7 Å². The van der Waals surface area contributed by atoms with Crippen molar-refractivity contribution in [2.24, 2.45) is 4.99 Å². The van der Waals surface area contributed by atoms with E-state index in [4.69, 9.17) is 9.73 Å². The summed E-state index contributed by atoms with van der Waals surface area (Å²) >= 11 is 0. The first-order chi connectivity index (χ1) is 21.2. The monoisotopic (exact) mass is 610 g/mol. The third-order valence-electron chi connectivity index (χ3n) is 7.31. The van der Waals surface area contributed by atoms with Crippen molar-refractivity contribution in [3.05, 3.63) is 125 Å². The molecule has 1 amide bonds. The van der Waals surface area contributed by atoms with Crippen LogP contribution in [0.4, 0.5) is 17.1 Å². The second-order valence-corrected chi connectivity index (χ2v) is 12.6. The van der Waals surface area contributed by atoms with Crippen LogP contribution in [0.5, 0.6) is 0 Å². The Hall–Kier alpha value is -4.80. The molecule has 1 N–H and O–H groups in total. The largest absolute Gasteiger partial charge is 0.465 e. The number of aliphatic imine (C=N–C) groups is 1. The van der Waals surface area contributed by atoms with E-state index in [-0.39, 0.29) is 18.2 Å². The first-order valence-corrected chi connectivity index (χ1v) is 15.7. The summed E-state index contributed by atoms with van der Waals surface area (Å²) in [6.07, 6.45) is 0. The number of nitrogens with zero attached hydrogens (tertiary/aromatic N) is 3. The van der Waals surface area contributed by atoms with Crippen LogP contribution in [0.25, 0.3) is 0 Å². The van der Waals surface area contributed by atoms with E-state index in [9.17, 15) is 18.0 Å². The highest BCUT2D eigenvalue weighted by Gasteiger charge is 2.36. The zero-order valence-electron chi connectivity index (χ0n) is 24.8. The Kier molecular flexibility index (Phi) is 9.22. The van der Waals surface area contributed by atoms with Crippen molar-refractivity contribution in [2.45, 2.75) is 11.7 Å². The maximum Gasteiger partial charge on any atom is 0.337 e. The number of carbonyl (C=O) groups is 2. The third-order valence-corrected chi connectivity index (χ3v) is 9.08. The normalized spacial score (nSPS) is 14.7. The first kappa shape index (κ1) is 30.7. The third kappa shape index (κ3) is 6.88. The molecule has 0 aromatic heterocycles. The SMILES string of the molecule is COC(=O)c1ccc2c(c1)NC(=O)C2C(=Nc1ccc(N(CCN(C)C)S(=O)(=O)Cc2ccccc2)cc1)c1ccccc1. The smallest absolute Gasteiger partial charge is 0.337 e. The van der Waals surface area contributed by atoms with Gasteiger partial charge in [0.1, 0.15) is 5.92 Å². The Morgan fingerprint density at radius 3 is 2.16 bits per heavy atom. The predicted molar refractivity (Wildman–Crippen MR) is 173 cm³/mol. The molecule has 1 heterocycles. The lowest BCUT2D eigenvalue weighted by Crippen LogP contribution is -2.37. The molecule has 0 radical (unpaired) electrons. The fraction of sp³-hybridized carbons (Fsp3) is 0.206. The summed E-state index contributed by atoms with van der Waals surface area (Å²) in [6.45, 7) is 0.826. The van der Waals surface area contributed by atoms with Crippen molar-refractivity contribution in [1.29, 1.82) is 0 Å². The van der Waals surface area contributed by atoms with E-state index in [1.807, 2.05) is 67.5 Å². The van der Waals surface area contributed by atoms with Crippen molar-refractivity contribution < 1.29 is 22.7 Å². The number of hydrogen-bond donors (Lipinski definition) is 1. The number of nitrogens with one attached hydrogen (secondary N) is 1. The number of sulfonamides is 1. The molecule has 10 heteroatoms. The van der Waals surface area contributed by atoms with Gasteiger partial charge in [0.15, 0.2) is 0 Å². The number of fused-ring (bicyclic) bond motifs is 1. The Morgan fingerprint density at radius 2 is 1.52 bits per heavy atom. The summed E-state index contributed by atoms with van der Waals surface area (Å²) in [7, 11) is 1.43. The molecule has 0 fully saturated rings. The molecule has 9 nitrogen and oxygen atoms in total. The van der Waals surface area contributed by atoms with Gasteiger partial charge < -0.3 is 15.0 Å². The molecule has 0 saturated heterocycles. The number of carbonyl (C=O) groups excluding carboxylic acids is 2. The Labute approximate surface area is 257 Å². The van der Waals surface area contributed by atoms with Crippen molar-refractivity contribution in [3.8, 4) is 0 Å². The van der Waals surface area contributed by atoms with E-state index in [0.717, 1.165) is 5.56 Å². The highest BCUT2D eigenvalue weighted by molar-refractivity contribution is 7.92. The minimum Gasteiger partial charge on any atom is -0.465 e. The lowest BCUT2D eigenvalue weighted by Gasteiger charge is -2.26. The van der Waals surface area contributed by atoms with Crippen molar-refractivity contribution in [3.63, 3.8) is 0 Å². The van der Waals surface area contributed by atoms with E-state index < -0.39 is 21.9 Å². The molecule has 44 heavy (non-hydrogen) atoms. The fourth-order valence-electron chi connectivity index (χ4n) is 5.10. The molecule has 1 aliphatic heterocycles. The van der Waals surface area contributed by atoms with Crippen LogP contribution in [0.15, 0.2) is 108 Å². The van der Waals surface area contributed by atoms with Crippen molar-refractivity contribution in [1.82, 2.24) is 4.90 Å². The lowest BCUT2D eigenvalue weighted by atomic mass is 9.90. The molecule has 4 aromatic rings. The summed E-state index contributed by atoms with van der Waals surface area (Å²) in [4.78, 5) is 32.3. The number of rotatable bonds is 11. The van der Waals surface area contributed by atoms with Crippen LogP contribution >= 0.6 is 0 Å². The van der Waals surface area contributed by atoms with E-state index in [0.29, 0.717) is 46.0 Å². The number of anilines is 2. The number of esters is 1. The highest BCUT2D eigenvalue weighted by atomic mass is 32.2. The standard InChI is InChI=1S/C34H34N4O5S/c1-37(2)20-21-38(44(41,42)23-24-10-6-4-7-11-24)28-17-15-27(16-18-28)35-32(25-12-8-5-9-13-25)31-29-19-14-26(34(40)43-3)22-30(29)36-33(31)39/h4-19,22,31H,20-21,23H2,1-3H3,(H,36,39). The summed E-state index contributed by atoms with van der Waals surface area (Å²) < 4.78 is 33.4. The van der Waals surface area contributed by atoms with Crippen LogP contribution in [-0.2, 0) is 25.3 Å². The van der Waals surface area contributed by atoms with Gasteiger partial charge in [-0.3, -0.25) is 14.1 Å². The van der Waals surface area contributed by atoms with E-state index in [1.165, 1.54) is 11.4 Å². The van der Waals surface area contributed by atoms with E-state index >= 15 is 0 Å². The minimum absolute atomic E-state index is 0.118. The Bertz CT molecular complexity index is 1770. The minimum atomic E-state index is -3.68. The zero-order chi connectivity index (χ0) is 31.3. The average Bonchev–Trinajstić information content (AvgIpc) is 3.35. The second kappa shape index (κ2) is 13.2. The molecule has 1 aliphatic rings. The Balaban J connectivity index is 1.51. The van der Waals surface area contributed by atoms with Crippen LogP contribution < -0.4 is 9.62 Å². The maximum atomic E-state index is 13.6. The number of ether oxygens (including phenoxy) is 1. The average molecular weight is 611 g/mol. The summed E-state index contributed by atoms with van der Waals surface area (Å²) in [6, 6.07) is 30.5. The quantitative estimate of drug-likeness (QED) is 0.184. The Morgan fingerprint density at radius 1 is 0.864 bits per heavy atom. The zero-order valence-corrected chi connectivity index (χ0v) is 25.6. The number of amides is 1. The molecule has 0 spiro atoms. The predicted octanol–water partition coefficient (Wildman–Crippen LogP) is 5.23. The first-order valence-electron chi connectivity index (χ1n) is 14.1. The molecular formula is C34H34N4O5S. The number of likely N-dealkylation sites (N-methyl/N-ethyl adjacent to an activating group) is 1. The van der Waals surface area contributed by atoms with Gasteiger partial charge in [0.05, 0.1) is 35.5 Å². The van der Waals surface area contributed by atoms with Crippen molar-refractivity contribution in [2.75, 3.05) is 43.9 Å². The molecule has 5 rings (SSSR count).